The molecule has 1 aliphatic rings. The van der Waals surface area contributed by atoms with Crippen molar-refractivity contribution in [2.45, 2.75) is 19.6 Å². The molecule has 0 spiro atoms. The monoisotopic (exact) mass is 234 g/mol. The lowest BCUT2D eigenvalue weighted by Gasteiger charge is -2.19. The van der Waals surface area contributed by atoms with Gasteiger partial charge in [0.2, 0.25) is 0 Å². The normalized spacial score (nSPS) is 17.9. The maximum absolute atomic E-state index is 5.12. The van der Waals surface area contributed by atoms with E-state index in [0.29, 0.717) is 6.61 Å². The second-order valence-corrected chi connectivity index (χ2v) is 4.63. The molecule has 1 aromatic rings. The lowest BCUT2D eigenvalue weighted by Crippen LogP contribution is -2.27. The fraction of sp³-hybridized carbons (Fsp3) is 0.571. The summed E-state index contributed by atoms with van der Waals surface area (Å²) < 4.78 is 5.12. The van der Waals surface area contributed by atoms with Gasteiger partial charge >= 0.3 is 0 Å². The predicted molar refractivity (Wildman–Crippen MR) is 69.9 cm³/mol. The summed E-state index contributed by atoms with van der Waals surface area (Å²) in [6, 6.07) is 8.75. The largest absolute Gasteiger partial charge is 0.380 e. The zero-order valence-corrected chi connectivity index (χ0v) is 10.6. The third kappa shape index (κ3) is 4.11. The smallest absolute Gasteiger partial charge is 0.0713 e. The zero-order chi connectivity index (χ0) is 11.9. The molecule has 1 heterocycles. The van der Waals surface area contributed by atoms with E-state index in [2.05, 4.69) is 34.5 Å². The van der Waals surface area contributed by atoms with Crippen molar-refractivity contribution in [1.82, 2.24) is 10.2 Å². The molecule has 1 saturated heterocycles. The molecular formula is C14H22N2O. The van der Waals surface area contributed by atoms with Gasteiger partial charge in [0.15, 0.2) is 0 Å². The molecule has 0 bridgehead atoms. The minimum absolute atomic E-state index is 0.702. The summed E-state index contributed by atoms with van der Waals surface area (Å²) in [6.45, 7) is 6.39. The van der Waals surface area contributed by atoms with Gasteiger partial charge in [-0.05, 0) is 30.6 Å². The van der Waals surface area contributed by atoms with Crippen molar-refractivity contribution < 1.29 is 4.74 Å². The Kier molecular flexibility index (Phi) is 4.98. The Morgan fingerprint density at radius 1 is 1.12 bits per heavy atom. The number of hydrogen-bond donors (Lipinski definition) is 1. The molecule has 0 aromatic heterocycles. The van der Waals surface area contributed by atoms with Gasteiger partial charge in [-0.15, -0.1) is 0 Å². The number of methoxy groups -OCH3 is 1. The average Bonchev–Trinajstić information content (AvgIpc) is 2.61. The third-order valence-corrected chi connectivity index (χ3v) is 3.17. The molecule has 0 radical (unpaired) electrons. The molecule has 0 unspecified atom stereocenters. The number of nitrogens with one attached hydrogen (secondary N) is 1. The molecule has 1 N–H and O–H groups in total. The van der Waals surface area contributed by atoms with E-state index in [9.17, 15) is 0 Å². The molecule has 1 aliphatic heterocycles. The van der Waals surface area contributed by atoms with Crippen LogP contribution in [-0.4, -0.2) is 38.2 Å². The molecule has 3 nitrogen and oxygen atoms in total. The van der Waals surface area contributed by atoms with Crippen molar-refractivity contribution in [3.8, 4) is 0 Å². The van der Waals surface area contributed by atoms with Crippen molar-refractivity contribution >= 4 is 0 Å². The van der Waals surface area contributed by atoms with Crippen LogP contribution in [-0.2, 0) is 17.9 Å². The number of nitrogens with zero attached hydrogens (tertiary/aromatic N) is 1. The van der Waals surface area contributed by atoms with Gasteiger partial charge in [0, 0.05) is 26.7 Å². The maximum Gasteiger partial charge on any atom is 0.0713 e. The Morgan fingerprint density at radius 2 is 1.88 bits per heavy atom. The highest BCUT2D eigenvalue weighted by Crippen LogP contribution is 2.09. The van der Waals surface area contributed by atoms with Crippen LogP contribution in [0.1, 0.15) is 17.5 Å². The van der Waals surface area contributed by atoms with Crippen molar-refractivity contribution in [2.24, 2.45) is 0 Å². The second-order valence-electron chi connectivity index (χ2n) is 4.63. The number of rotatable bonds is 4. The van der Waals surface area contributed by atoms with Crippen molar-refractivity contribution in [3.05, 3.63) is 35.4 Å². The number of benzene rings is 1. The molecule has 1 aromatic carbocycles. The van der Waals surface area contributed by atoms with Gasteiger partial charge < -0.3 is 10.1 Å². The Labute approximate surface area is 104 Å². The number of ether oxygens (including phenoxy) is 1. The van der Waals surface area contributed by atoms with Crippen LogP contribution in [0.15, 0.2) is 24.3 Å². The van der Waals surface area contributed by atoms with E-state index in [-0.39, 0.29) is 0 Å². The fourth-order valence-electron chi connectivity index (χ4n) is 2.23. The van der Waals surface area contributed by atoms with Gasteiger partial charge in [-0.25, -0.2) is 0 Å². The third-order valence-electron chi connectivity index (χ3n) is 3.17. The van der Waals surface area contributed by atoms with E-state index in [1.54, 1.807) is 7.11 Å². The first kappa shape index (κ1) is 12.6. The summed E-state index contributed by atoms with van der Waals surface area (Å²) in [7, 11) is 1.73. The van der Waals surface area contributed by atoms with E-state index in [0.717, 1.165) is 26.2 Å². The van der Waals surface area contributed by atoms with Gasteiger partial charge in [-0.1, -0.05) is 24.3 Å². The molecule has 17 heavy (non-hydrogen) atoms. The van der Waals surface area contributed by atoms with Crippen LogP contribution in [0.3, 0.4) is 0 Å². The van der Waals surface area contributed by atoms with E-state index in [1.807, 2.05) is 0 Å². The minimum Gasteiger partial charge on any atom is -0.380 e. The van der Waals surface area contributed by atoms with Crippen LogP contribution >= 0.6 is 0 Å². The highest BCUT2D eigenvalue weighted by molar-refractivity contribution is 5.22. The molecule has 0 atom stereocenters. The maximum atomic E-state index is 5.12. The minimum atomic E-state index is 0.702. The SMILES string of the molecule is COCc1ccc(CN2CCCNCC2)cc1. The fourth-order valence-corrected chi connectivity index (χ4v) is 2.23. The lowest BCUT2D eigenvalue weighted by molar-refractivity contribution is 0.185. The van der Waals surface area contributed by atoms with Crippen LogP contribution in [0.5, 0.6) is 0 Å². The van der Waals surface area contributed by atoms with Gasteiger partial charge in [-0.3, -0.25) is 4.90 Å². The molecule has 94 valence electrons. The van der Waals surface area contributed by atoms with E-state index in [4.69, 9.17) is 4.74 Å². The molecule has 0 aliphatic carbocycles. The molecule has 0 amide bonds. The Bertz CT molecular complexity index is 315. The van der Waals surface area contributed by atoms with Crippen LogP contribution in [0.4, 0.5) is 0 Å². The van der Waals surface area contributed by atoms with Gasteiger partial charge in [-0.2, -0.15) is 0 Å². The van der Waals surface area contributed by atoms with E-state index < -0.39 is 0 Å². The highest BCUT2D eigenvalue weighted by atomic mass is 16.5. The standard InChI is InChI=1S/C14H22N2O/c1-17-12-14-5-3-13(4-6-14)11-16-9-2-7-15-8-10-16/h3-6,15H,2,7-12H2,1H3. The zero-order valence-electron chi connectivity index (χ0n) is 10.6. The quantitative estimate of drug-likeness (QED) is 0.857. The van der Waals surface area contributed by atoms with Gasteiger partial charge in [0.05, 0.1) is 6.61 Å². The molecule has 2 rings (SSSR count). The summed E-state index contributed by atoms with van der Waals surface area (Å²) in [5, 5.41) is 3.43. The molecule has 1 fully saturated rings. The summed E-state index contributed by atoms with van der Waals surface area (Å²) in [6.07, 6.45) is 1.25. The first-order chi connectivity index (χ1) is 8.38. The summed E-state index contributed by atoms with van der Waals surface area (Å²) >= 11 is 0. The highest BCUT2D eigenvalue weighted by Gasteiger charge is 2.08. The number of hydrogen-bond acceptors (Lipinski definition) is 3. The van der Waals surface area contributed by atoms with Crippen molar-refractivity contribution in [1.29, 1.82) is 0 Å². The molecule has 0 saturated carbocycles. The van der Waals surface area contributed by atoms with Crippen LogP contribution < -0.4 is 5.32 Å². The summed E-state index contributed by atoms with van der Waals surface area (Å²) in [5.74, 6) is 0. The van der Waals surface area contributed by atoms with E-state index >= 15 is 0 Å². The van der Waals surface area contributed by atoms with Crippen LogP contribution in [0.25, 0.3) is 0 Å². The van der Waals surface area contributed by atoms with E-state index in [1.165, 1.54) is 24.1 Å². The first-order valence-corrected chi connectivity index (χ1v) is 6.38. The topological polar surface area (TPSA) is 24.5 Å². The summed E-state index contributed by atoms with van der Waals surface area (Å²) in [5.41, 5.74) is 2.64. The Morgan fingerprint density at radius 3 is 2.65 bits per heavy atom. The molecular weight excluding hydrogens is 212 g/mol. The molecule has 3 heteroatoms. The Hall–Kier alpha value is -0.900. The van der Waals surface area contributed by atoms with Crippen molar-refractivity contribution in [3.63, 3.8) is 0 Å². The van der Waals surface area contributed by atoms with Crippen LogP contribution in [0, 0.1) is 0 Å². The van der Waals surface area contributed by atoms with Gasteiger partial charge in [0.25, 0.3) is 0 Å². The predicted octanol–water partition coefficient (Wildman–Crippen LogP) is 1.63. The van der Waals surface area contributed by atoms with Crippen molar-refractivity contribution in [2.75, 3.05) is 33.3 Å². The summed E-state index contributed by atoms with van der Waals surface area (Å²) in [4.78, 5) is 2.52. The second kappa shape index (κ2) is 6.74. The van der Waals surface area contributed by atoms with Crippen LogP contribution in [0.2, 0.25) is 0 Å². The lowest BCUT2D eigenvalue weighted by atomic mass is 10.1. The first-order valence-electron chi connectivity index (χ1n) is 6.38. The Balaban J connectivity index is 1.88. The average molecular weight is 234 g/mol. The van der Waals surface area contributed by atoms with Gasteiger partial charge in [0.1, 0.15) is 0 Å².